The van der Waals surface area contributed by atoms with Crippen LogP contribution in [0, 0.1) is 11.3 Å². The van der Waals surface area contributed by atoms with Gasteiger partial charge in [0, 0.05) is 26.2 Å². The number of benzene rings is 1. The van der Waals surface area contributed by atoms with Crippen LogP contribution in [0.25, 0.3) is 0 Å². The van der Waals surface area contributed by atoms with Crippen LogP contribution in [0.2, 0.25) is 0 Å². The molecule has 0 aromatic heterocycles. The van der Waals surface area contributed by atoms with Crippen molar-refractivity contribution in [2.45, 2.75) is 26.3 Å². The lowest BCUT2D eigenvalue weighted by Crippen LogP contribution is -2.37. The first-order valence-electron chi connectivity index (χ1n) is 6.99. The summed E-state index contributed by atoms with van der Waals surface area (Å²) >= 11 is 0. The predicted octanol–water partition coefficient (Wildman–Crippen LogP) is 2.49. The Labute approximate surface area is 121 Å². The van der Waals surface area contributed by atoms with E-state index >= 15 is 0 Å². The molecule has 110 valence electrons. The van der Waals surface area contributed by atoms with Crippen LogP contribution in [0.5, 0.6) is 5.75 Å². The molecular weight excluding hydrogens is 252 g/mol. The van der Waals surface area contributed by atoms with E-state index in [1.807, 2.05) is 24.3 Å². The summed E-state index contributed by atoms with van der Waals surface area (Å²) in [5.74, 6) is 0.849. The standard InChI is InChI=1S/C16H24N2O2/c1-14(2)18(10-12-19-3)11-13-20-16-6-4-15(5-7-16)8-9-17/h4-7,14H,8,10-13H2,1-3H3. The molecule has 0 spiro atoms. The zero-order chi connectivity index (χ0) is 14.8. The molecule has 1 rings (SSSR count). The molecule has 1 aromatic carbocycles. The highest BCUT2D eigenvalue weighted by molar-refractivity contribution is 5.28. The van der Waals surface area contributed by atoms with Gasteiger partial charge in [0.2, 0.25) is 0 Å². The van der Waals surface area contributed by atoms with E-state index in [1.54, 1.807) is 7.11 Å². The fourth-order valence-corrected chi connectivity index (χ4v) is 1.91. The molecule has 4 heteroatoms. The average Bonchev–Trinajstić information content (AvgIpc) is 2.44. The molecule has 0 saturated heterocycles. The Kier molecular flexibility index (Phi) is 7.71. The lowest BCUT2D eigenvalue weighted by Gasteiger charge is -2.25. The van der Waals surface area contributed by atoms with Gasteiger partial charge in [-0.2, -0.15) is 5.26 Å². The van der Waals surface area contributed by atoms with Crippen molar-refractivity contribution in [1.82, 2.24) is 4.90 Å². The van der Waals surface area contributed by atoms with Gasteiger partial charge in [0.25, 0.3) is 0 Å². The zero-order valence-electron chi connectivity index (χ0n) is 12.6. The predicted molar refractivity (Wildman–Crippen MR) is 79.8 cm³/mol. The van der Waals surface area contributed by atoms with Crippen molar-refractivity contribution in [2.24, 2.45) is 0 Å². The van der Waals surface area contributed by atoms with Crippen molar-refractivity contribution in [3.8, 4) is 11.8 Å². The lowest BCUT2D eigenvalue weighted by molar-refractivity contribution is 0.116. The molecule has 0 amide bonds. The number of nitrogens with zero attached hydrogens (tertiary/aromatic N) is 2. The second-order valence-corrected chi connectivity index (χ2v) is 4.95. The molecule has 0 unspecified atom stereocenters. The number of rotatable bonds is 9. The van der Waals surface area contributed by atoms with Crippen molar-refractivity contribution in [3.05, 3.63) is 29.8 Å². The second-order valence-electron chi connectivity index (χ2n) is 4.95. The van der Waals surface area contributed by atoms with Gasteiger partial charge < -0.3 is 9.47 Å². The van der Waals surface area contributed by atoms with Crippen LogP contribution in [-0.4, -0.2) is 44.4 Å². The molecule has 0 N–H and O–H groups in total. The molecule has 0 heterocycles. The van der Waals surface area contributed by atoms with E-state index in [9.17, 15) is 0 Å². The van der Waals surface area contributed by atoms with Crippen molar-refractivity contribution >= 4 is 0 Å². The summed E-state index contributed by atoms with van der Waals surface area (Å²) < 4.78 is 10.8. The van der Waals surface area contributed by atoms with Gasteiger partial charge in [-0.15, -0.1) is 0 Å². The Morgan fingerprint density at radius 3 is 2.35 bits per heavy atom. The van der Waals surface area contributed by atoms with Crippen LogP contribution in [0.3, 0.4) is 0 Å². The maximum atomic E-state index is 8.62. The lowest BCUT2D eigenvalue weighted by atomic mass is 10.2. The molecule has 0 atom stereocenters. The van der Waals surface area contributed by atoms with Gasteiger partial charge in [0.05, 0.1) is 19.1 Å². The van der Waals surface area contributed by atoms with Crippen LogP contribution in [0.4, 0.5) is 0 Å². The molecular formula is C16H24N2O2. The minimum absolute atomic E-state index is 0.443. The normalized spacial score (nSPS) is 10.8. The van der Waals surface area contributed by atoms with Crippen LogP contribution in [0.15, 0.2) is 24.3 Å². The van der Waals surface area contributed by atoms with Gasteiger partial charge in [-0.3, -0.25) is 4.90 Å². The summed E-state index contributed by atoms with van der Waals surface area (Å²) in [6.45, 7) is 7.53. The Morgan fingerprint density at radius 2 is 1.80 bits per heavy atom. The van der Waals surface area contributed by atoms with Crippen molar-refractivity contribution in [1.29, 1.82) is 5.26 Å². The van der Waals surface area contributed by atoms with Crippen LogP contribution < -0.4 is 4.74 Å². The molecule has 4 nitrogen and oxygen atoms in total. The highest BCUT2D eigenvalue weighted by atomic mass is 16.5. The maximum Gasteiger partial charge on any atom is 0.119 e. The first-order chi connectivity index (χ1) is 9.67. The Morgan fingerprint density at radius 1 is 1.15 bits per heavy atom. The van der Waals surface area contributed by atoms with Gasteiger partial charge >= 0.3 is 0 Å². The minimum atomic E-state index is 0.443. The molecule has 1 aromatic rings. The van der Waals surface area contributed by atoms with E-state index in [0.29, 0.717) is 19.1 Å². The summed E-state index contributed by atoms with van der Waals surface area (Å²) in [7, 11) is 1.72. The number of hydrogen-bond acceptors (Lipinski definition) is 4. The second kappa shape index (κ2) is 9.35. The molecule has 0 aliphatic carbocycles. The van der Waals surface area contributed by atoms with Crippen molar-refractivity contribution in [3.63, 3.8) is 0 Å². The van der Waals surface area contributed by atoms with Gasteiger partial charge in [0.15, 0.2) is 0 Å². The van der Waals surface area contributed by atoms with Crippen LogP contribution in [-0.2, 0) is 11.2 Å². The summed E-state index contributed by atoms with van der Waals surface area (Å²) in [6.07, 6.45) is 0.443. The van der Waals surface area contributed by atoms with Crippen LogP contribution >= 0.6 is 0 Å². The third kappa shape index (κ3) is 6.05. The van der Waals surface area contributed by atoms with E-state index in [1.165, 1.54) is 0 Å². The smallest absolute Gasteiger partial charge is 0.119 e. The molecule has 0 aliphatic heterocycles. The van der Waals surface area contributed by atoms with Crippen LogP contribution in [0.1, 0.15) is 19.4 Å². The van der Waals surface area contributed by atoms with Crippen molar-refractivity contribution in [2.75, 3.05) is 33.4 Å². The zero-order valence-corrected chi connectivity index (χ0v) is 12.6. The first-order valence-corrected chi connectivity index (χ1v) is 6.99. The SMILES string of the molecule is COCCN(CCOc1ccc(CC#N)cc1)C(C)C. The van der Waals surface area contributed by atoms with Crippen molar-refractivity contribution < 1.29 is 9.47 Å². The average molecular weight is 276 g/mol. The number of hydrogen-bond donors (Lipinski definition) is 0. The van der Waals surface area contributed by atoms with E-state index < -0.39 is 0 Å². The fourth-order valence-electron chi connectivity index (χ4n) is 1.91. The number of methoxy groups -OCH3 is 1. The Balaban J connectivity index is 2.36. The number of nitriles is 1. The molecule has 0 radical (unpaired) electrons. The largest absolute Gasteiger partial charge is 0.492 e. The molecule has 0 aliphatic rings. The Bertz CT molecular complexity index is 409. The maximum absolute atomic E-state index is 8.62. The molecule has 20 heavy (non-hydrogen) atoms. The van der Waals surface area contributed by atoms with E-state index in [2.05, 4.69) is 24.8 Å². The Hall–Kier alpha value is -1.57. The fraction of sp³-hybridized carbons (Fsp3) is 0.562. The number of ether oxygens (including phenoxy) is 2. The highest BCUT2D eigenvalue weighted by Gasteiger charge is 2.08. The first kappa shape index (κ1) is 16.5. The van der Waals surface area contributed by atoms with E-state index in [-0.39, 0.29) is 0 Å². The summed E-state index contributed by atoms with van der Waals surface area (Å²) in [5.41, 5.74) is 1.02. The van der Waals surface area contributed by atoms with Gasteiger partial charge in [0.1, 0.15) is 12.4 Å². The third-order valence-electron chi connectivity index (χ3n) is 3.17. The molecule has 0 fully saturated rings. The topological polar surface area (TPSA) is 45.5 Å². The highest BCUT2D eigenvalue weighted by Crippen LogP contribution is 2.12. The van der Waals surface area contributed by atoms with E-state index in [0.717, 1.165) is 31.0 Å². The summed E-state index contributed by atoms with van der Waals surface area (Å²) in [5, 5.41) is 8.62. The minimum Gasteiger partial charge on any atom is -0.492 e. The van der Waals surface area contributed by atoms with E-state index in [4.69, 9.17) is 14.7 Å². The van der Waals surface area contributed by atoms with Gasteiger partial charge in [-0.05, 0) is 31.5 Å². The summed E-state index contributed by atoms with van der Waals surface area (Å²) in [6, 6.07) is 10.3. The molecule has 0 saturated carbocycles. The molecule has 0 bridgehead atoms. The van der Waals surface area contributed by atoms with Gasteiger partial charge in [-0.25, -0.2) is 0 Å². The van der Waals surface area contributed by atoms with Gasteiger partial charge in [-0.1, -0.05) is 12.1 Å². The quantitative estimate of drug-likeness (QED) is 0.695. The summed E-state index contributed by atoms with van der Waals surface area (Å²) in [4.78, 5) is 2.33. The third-order valence-corrected chi connectivity index (χ3v) is 3.17. The monoisotopic (exact) mass is 276 g/mol.